The Bertz CT molecular complexity index is 693. The Labute approximate surface area is 113 Å². The van der Waals surface area contributed by atoms with Gasteiger partial charge in [-0.25, -0.2) is 14.4 Å². The molecular formula is C14H10FN3S. The van der Waals surface area contributed by atoms with E-state index in [1.165, 1.54) is 12.1 Å². The summed E-state index contributed by atoms with van der Waals surface area (Å²) >= 11 is 1.59. The highest BCUT2D eigenvalue weighted by molar-refractivity contribution is 7.13. The van der Waals surface area contributed by atoms with E-state index in [1.807, 2.05) is 23.6 Å². The maximum atomic E-state index is 12.9. The van der Waals surface area contributed by atoms with Crippen molar-refractivity contribution in [3.05, 3.63) is 53.7 Å². The van der Waals surface area contributed by atoms with Crippen LogP contribution in [0.25, 0.3) is 21.8 Å². The number of benzene rings is 1. The van der Waals surface area contributed by atoms with Crippen molar-refractivity contribution in [2.45, 2.75) is 0 Å². The van der Waals surface area contributed by atoms with Crippen molar-refractivity contribution in [2.75, 3.05) is 5.73 Å². The molecule has 3 rings (SSSR count). The molecule has 3 aromatic rings. The molecule has 0 saturated heterocycles. The zero-order valence-electron chi connectivity index (χ0n) is 9.88. The lowest BCUT2D eigenvalue weighted by molar-refractivity contribution is 0.628. The Balaban J connectivity index is 2.10. The van der Waals surface area contributed by atoms with Crippen molar-refractivity contribution in [3.63, 3.8) is 0 Å². The lowest BCUT2D eigenvalue weighted by Crippen LogP contribution is -1.98. The Morgan fingerprint density at radius 3 is 2.42 bits per heavy atom. The highest BCUT2D eigenvalue weighted by Crippen LogP contribution is 2.27. The number of hydrogen-bond acceptors (Lipinski definition) is 4. The number of nitrogens with zero attached hydrogens (tertiary/aromatic N) is 2. The van der Waals surface area contributed by atoms with E-state index in [9.17, 15) is 4.39 Å². The third-order valence-corrected chi connectivity index (χ3v) is 3.55. The molecule has 19 heavy (non-hydrogen) atoms. The number of halogens is 1. The van der Waals surface area contributed by atoms with Crippen LogP contribution < -0.4 is 5.73 Å². The summed E-state index contributed by atoms with van der Waals surface area (Å²) in [7, 11) is 0. The second-order valence-electron chi connectivity index (χ2n) is 3.98. The van der Waals surface area contributed by atoms with Crippen LogP contribution in [0.5, 0.6) is 0 Å². The second kappa shape index (κ2) is 4.78. The number of anilines is 1. The molecule has 5 heteroatoms. The molecule has 0 radical (unpaired) electrons. The number of thiophene rings is 1. The Kier molecular flexibility index (Phi) is 2.97. The van der Waals surface area contributed by atoms with Crippen molar-refractivity contribution < 1.29 is 4.39 Å². The molecule has 0 amide bonds. The van der Waals surface area contributed by atoms with Crippen LogP contribution in [0, 0.1) is 5.82 Å². The van der Waals surface area contributed by atoms with Gasteiger partial charge in [0.2, 0.25) is 5.95 Å². The largest absolute Gasteiger partial charge is 0.368 e. The first kappa shape index (κ1) is 11.8. The first-order chi connectivity index (χ1) is 9.22. The monoisotopic (exact) mass is 271 g/mol. The van der Waals surface area contributed by atoms with Crippen LogP contribution in [0.3, 0.4) is 0 Å². The third kappa shape index (κ3) is 2.46. The quantitative estimate of drug-likeness (QED) is 0.775. The predicted octanol–water partition coefficient (Wildman–Crippen LogP) is 3.59. The van der Waals surface area contributed by atoms with Crippen LogP contribution in [-0.4, -0.2) is 9.97 Å². The Morgan fingerprint density at radius 2 is 1.74 bits per heavy atom. The van der Waals surface area contributed by atoms with Gasteiger partial charge >= 0.3 is 0 Å². The molecular weight excluding hydrogens is 261 g/mol. The molecule has 0 aliphatic heterocycles. The summed E-state index contributed by atoms with van der Waals surface area (Å²) in [5.41, 5.74) is 8.02. The molecule has 0 atom stereocenters. The summed E-state index contributed by atoms with van der Waals surface area (Å²) in [5, 5.41) is 1.98. The van der Waals surface area contributed by atoms with Gasteiger partial charge < -0.3 is 5.73 Å². The molecule has 0 aliphatic rings. The maximum Gasteiger partial charge on any atom is 0.221 e. The predicted molar refractivity (Wildman–Crippen MR) is 75.2 cm³/mol. The fourth-order valence-corrected chi connectivity index (χ4v) is 2.47. The molecule has 0 bridgehead atoms. The molecule has 2 N–H and O–H groups in total. The molecule has 0 saturated carbocycles. The lowest BCUT2D eigenvalue weighted by atomic mass is 10.1. The van der Waals surface area contributed by atoms with Gasteiger partial charge in [-0.15, -0.1) is 11.3 Å². The van der Waals surface area contributed by atoms with Crippen LogP contribution in [0.1, 0.15) is 0 Å². The van der Waals surface area contributed by atoms with Gasteiger partial charge in [-0.3, -0.25) is 0 Å². The minimum Gasteiger partial charge on any atom is -0.368 e. The normalized spacial score (nSPS) is 10.6. The number of nitrogen functional groups attached to an aromatic ring is 1. The molecule has 0 fully saturated rings. The topological polar surface area (TPSA) is 51.8 Å². The van der Waals surface area contributed by atoms with Gasteiger partial charge in [0.1, 0.15) is 5.82 Å². The molecule has 0 aliphatic carbocycles. The molecule has 2 heterocycles. The van der Waals surface area contributed by atoms with Gasteiger partial charge in [-0.1, -0.05) is 6.07 Å². The highest BCUT2D eigenvalue weighted by atomic mass is 32.1. The fraction of sp³-hybridized carbons (Fsp3) is 0. The molecule has 0 unspecified atom stereocenters. The SMILES string of the molecule is Nc1nc(-c2ccc(F)cc2)cc(-c2cccs2)n1. The molecule has 2 aromatic heterocycles. The van der Waals surface area contributed by atoms with E-state index in [4.69, 9.17) is 5.73 Å². The van der Waals surface area contributed by atoms with Gasteiger partial charge in [0.05, 0.1) is 16.3 Å². The number of rotatable bonds is 2. The highest BCUT2D eigenvalue weighted by Gasteiger charge is 2.07. The molecule has 3 nitrogen and oxygen atoms in total. The minimum absolute atomic E-state index is 0.213. The zero-order valence-corrected chi connectivity index (χ0v) is 10.7. The van der Waals surface area contributed by atoms with Crippen molar-refractivity contribution in [3.8, 4) is 21.8 Å². The Morgan fingerprint density at radius 1 is 1.00 bits per heavy atom. The van der Waals surface area contributed by atoms with Crippen LogP contribution in [0.2, 0.25) is 0 Å². The van der Waals surface area contributed by atoms with E-state index in [0.717, 1.165) is 16.1 Å². The van der Waals surface area contributed by atoms with E-state index in [1.54, 1.807) is 23.5 Å². The summed E-state index contributed by atoms with van der Waals surface area (Å²) in [6.45, 7) is 0. The van der Waals surface area contributed by atoms with Crippen LogP contribution >= 0.6 is 11.3 Å². The zero-order chi connectivity index (χ0) is 13.2. The lowest BCUT2D eigenvalue weighted by Gasteiger charge is -2.04. The molecule has 94 valence electrons. The first-order valence-corrected chi connectivity index (χ1v) is 6.55. The van der Waals surface area contributed by atoms with E-state index in [2.05, 4.69) is 9.97 Å². The van der Waals surface area contributed by atoms with Crippen molar-refractivity contribution in [2.24, 2.45) is 0 Å². The van der Waals surface area contributed by atoms with Gasteiger partial charge in [0, 0.05) is 5.56 Å². The molecule has 1 aromatic carbocycles. The number of aromatic nitrogens is 2. The average Bonchev–Trinajstić information content (AvgIpc) is 2.93. The van der Waals surface area contributed by atoms with Crippen LogP contribution in [0.15, 0.2) is 47.8 Å². The summed E-state index contributed by atoms with van der Waals surface area (Å²) < 4.78 is 12.9. The van der Waals surface area contributed by atoms with E-state index in [0.29, 0.717) is 5.69 Å². The number of nitrogens with two attached hydrogens (primary N) is 1. The number of hydrogen-bond donors (Lipinski definition) is 1. The minimum atomic E-state index is -0.274. The molecule has 0 spiro atoms. The van der Waals surface area contributed by atoms with E-state index in [-0.39, 0.29) is 11.8 Å². The average molecular weight is 271 g/mol. The van der Waals surface area contributed by atoms with Crippen LogP contribution in [0.4, 0.5) is 10.3 Å². The van der Waals surface area contributed by atoms with Gasteiger partial charge in [0.25, 0.3) is 0 Å². The third-order valence-electron chi connectivity index (χ3n) is 2.66. The van der Waals surface area contributed by atoms with Gasteiger partial charge in [0.15, 0.2) is 0 Å². The van der Waals surface area contributed by atoms with Crippen LogP contribution in [-0.2, 0) is 0 Å². The second-order valence-corrected chi connectivity index (χ2v) is 4.93. The summed E-state index contributed by atoms with van der Waals surface area (Å²) in [6.07, 6.45) is 0. The van der Waals surface area contributed by atoms with Crippen molar-refractivity contribution in [1.29, 1.82) is 0 Å². The van der Waals surface area contributed by atoms with Gasteiger partial charge in [-0.05, 0) is 41.8 Å². The van der Waals surface area contributed by atoms with Crippen molar-refractivity contribution in [1.82, 2.24) is 9.97 Å². The van der Waals surface area contributed by atoms with Crippen molar-refractivity contribution >= 4 is 17.3 Å². The van der Waals surface area contributed by atoms with E-state index >= 15 is 0 Å². The summed E-state index contributed by atoms with van der Waals surface area (Å²) in [5.74, 6) is -0.0607. The standard InChI is InChI=1S/C14H10FN3S/c15-10-5-3-9(4-6-10)11-8-12(18-14(16)17-11)13-2-1-7-19-13/h1-8H,(H2,16,17,18). The first-order valence-electron chi connectivity index (χ1n) is 5.67. The fourth-order valence-electron chi connectivity index (χ4n) is 1.78. The van der Waals surface area contributed by atoms with Gasteiger partial charge in [-0.2, -0.15) is 0 Å². The summed E-state index contributed by atoms with van der Waals surface area (Å²) in [4.78, 5) is 9.44. The smallest absolute Gasteiger partial charge is 0.221 e. The Hall–Kier alpha value is -2.27. The maximum absolute atomic E-state index is 12.9. The van der Waals surface area contributed by atoms with E-state index < -0.39 is 0 Å². The summed E-state index contributed by atoms with van der Waals surface area (Å²) in [6, 6.07) is 11.9.